The van der Waals surface area contributed by atoms with Gasteiger partial charge >= 0.3 is 45.0 Å². The van der Waals surface area contributed by atoms with Crippen LogP contribution in [0.4, 0.5) is 0 Å². The first kappa shape index (κ1) is 92.1. The molecule has 0 aromatic heterocycles. The third-order valence-corrected chi connectivity index (χ3v) is 16.9. The van der Waals surface area contributed by atoms with Crippen molar-refractivity contribution >= 4 is 67.5 Å². The molecule has 0 aliphatic heterocycles. The van der Waals surface area contributed by atoms with Crippen LogP contribution >= 0.6 is 37.7 Å². The number of carbonyl (C=O) groups is 5. The summed E-state index contributed by atoms with van der Waals surface area (Å²) in [5.74, 6) is -2.22. The van der Waals surface area contributed by atoms with Crippen LogP contribution in [0.2, 0.25) is 0 Å². The Morgan fingerprint density at radius 1 is 0.419 bits per heavy atom. The van der Waals surface area contributed by atoms with Crippen LogP contribution in [0.1, 0.15) is 118 Å². The molecule has 26 nitrogen and oxygen atoms in total. The molecule has 4 aromatic carbocycles. The van der Waals surface area contributed by atoms with E-state index in [2.05, 4.69) is 32.0 Å². The molecule has 31 heteroatoms. The van der Waals surface area contributed by atoms with E-state index in [0.717, 1.165) is 48.2 Å². The van der Waals surface area contributed by atoms with Crippen LogP contribution in [0.5, 0.6) is 0 Å². The maximum atomic E-state index is 12.2. The molecule has 4 aromatic rings. The van der Waals surface area contributed by atoms with Crippen LogP contribution in [-0.2, 0) is 115 Å². The van der Waals surface area contributed by atoms with Gasteiger partial charge in [-0.25, -0.2) is 20.3 Å². The highest BCUT2D eigenvalue weighted by molar-refractivity contribution is 7.59. The molecule has 8 N–H and O–H groups in total. The first-order chi connectivity index (χ1) is 43.0. The molecule has 0 radical (unpaired) electrons. The van der Waals surface area contributed by atoms with E-state index < -0.39 is 91.8 Å². The van der Waals surface area contributed by atoms with E-state index in [1.807, 2.05) is 121 Å². The smallest absolute Gasteiger partial charge is 0.328 e. The molecular weight excluding hydrogens is 1310 g/mol. The van der Waals surface area contributed by atoms with Gasteiger partial charge in [0.25, 0.3) is 15.0 Å². The normalized spacial score (nSPS) is 14.8. The zero-order chi connectivity index (χ0) is 70.4. The van der Waals surface area contributed by atoms with E-state index in [1.54, 1.807) is 55.4 Å². The third kappa shape index (κ3) is 51.9. The van der Waals surface area contributed by atoms with Crippen molar-refractivity contribution in [1.29, 1.82) is 0 Å². The standard InChI is InChI=1S/C15H17O3P.C13H20NO4P.C11H23N2O5P.C8H17NO2.C8H11O3P.C6H14NO4P.CH4/c1-19(16,17-12-14-8-4-2-5-9-14)18-13-15-10-6-3-7-11-15;1-4-17-13(15)11(2)14-19(3,16)18-10-12-8-6-5-7-9-12;1-6-17-10(14)8(3)12-19(5,16)13-9(4)11(15)18-7-2;1-3-5-6-7(9)8(10)11-4-2;1-12(9,10)11-7-8-5-3-2-4-6-8;1-4-11-6(8)5(2)7-12(3,9)10;/h2-11H,12-13H2,1H3;5-9,11H,4,10H2,1-3H3,(H,14,16);8-9H,6-7H2,1-5H3,(H2,12,13,16);7H,3-6,9H2,1-2H3;2-6H,7H2,1H3,(H,9,10);5H,4H2,1-3H3,(H2,7,9,10);1H4. The summed E-state index contributed by atoms with van der Waals surface area (Å²) in [5, 5.41) is 10.2. The Balaban J connectivity index is -0.00000106. The van der Waals surface area contributed by atoms with Crippen molar-refractivity contribution in [2.75, 3.05) is 66.4 Å². The van der Waals surface area contributed by atoms with Crippen molar-refractivity contribution in [2.24, 2.45) is 5.73 Å². The van der Waals surface area contributed by atoms with Crippen molar-refractivity contribution in [3.8, 4) is 0 Å². The summed E-state index contributed by atoms with van der Waals surface area (Å²) in [5.41, 5.74) is 9.30. The van der Waals surface area contributed by atoms with E-state index >= 15 is 0 Å². The summed E-state index contributed by atoms with van der Waals surface area (Å²) in [6.07, 6.45) is 2.78. The first-order valence-electron chi connectivity index (χ1n) is 29.8. The van der Waals surface area contributed by atoms with Crippen LogP contribution in [0.25, 0.3) is 0 Å². The zero-order valence-corrected chi connectivity index (χ0v) is 60.4. The highest BCUT2D eigenvalue weighted by Gasteiger charge is 2.28. The number of unbranched alkanes of at least 4 members (excludes halogenated alkanes) is 1. The molecule has 8 atom stereocenters. The van der Waals surface area contributed by atoms with Gasteiger partial charge in [-0.15, -0.1) is 0 Å². The molecule has 0 fully saturated rings. The van der Waals surface area contributed by atoms with Gasteiger partial charge in [-0.2, -0.15) is 0 Å². The number of hydrogen-bond donors (Lipinski definition) is 7. The third-order valence-electron chi connectivity index (χ3n) is 11.0. The summed E-state index contributed by atoms with van der Waals surface area (Å²) in [4.78, 5) is 73.7. The Morgan fingerprint density at radius 2 is 0.688 bits per heavy atom. The fourth-order valence-corrected chi connectivity index (χ4v) is 11.8. The van der Waals surface area contributed by atoms with E-state index in [4.69, 9.17) is 52.6 Å². The second-order valence-corrected chi connectivity index (χ2v) is 30.7. The summed E-state index contributed by atoms with van der Waals surface area (Å²) in [6.45, 7) is 26.0. The van der Waals surface area contributed by atoms with Crippen molar-refractivity contribution in [2.45, 2.75) is 153 Å². The summed E-state index contributed by atoms with van der Waals surface area (Å²) in [6, 6.07) is 34.7. The number of esters is 5. The molecule has 0 amide bonds. The highest BCUT2D eigenvalue weighted by atomic mass is 31.2. The molecule has 0 aliphatic rings. The molecule has 4 rings (SSSR count). The highest BCUT2D eigenvalue weighted by Crippen LogP contribution is 2.45. The van der Waals surface area contributed by atoms with Crippen LogP contribution in [-0.4, -0.2) is 136 Å². The van der Waals surface area contributed by atoms with Gasteiger partial charge < -0.3 is 57.3 Å². The quantitative estimate of drug-likeness (QED) is 0.0132. The lowest BCUT2D eigenvalue weighted by atomic mass is 10.1. The lowest BCUT2D eigenvalue weighted by Gasteiger charge is -2.23. The molecule has 0 saturated heterocycles. The van der Waals surface area contributed by atoms with Crippen molar-refractivity contribution in [3.63, 3.8) is 0 Å². The molecule has 530 valence electrons. The average Bonchev–Trinajstić information content (AvgIpc) is 1.63. The van der Waals surface area contributed by atoms with Crippen LogP contribution < -0.4 is 26.1 Å². The Labute approximate surface area is 552 Å². The van der Waals surface area contributed by atoms with Crippen LogP contribution in [0.3, 0.4) is 0 Å². The maximum absolute atomic E-state index is 12.2. The average molecular weight is 1410 g/mol. The van der Waals surface area contributed by atoms with Gasteiger partial charge in [0.05, 0.1) is 59.5 Å². The second-order valence-electron chi connectivity index (χ2n) is 20.2. The van der Waals surface area contributed by atoms with E-state index in [-0.39, 0.29) is 46.4 Å². The number of nitrogens with one attached hydrogen (secondary N) is 4. The van der Waals surface area contributed by atoms with Gasteiger partial charge in [-0.1, -0.05) is 149 Å². The molecule has 0 saturated carbocycles. The maximum Gasteiger partial charge on any atom is 0.328 e. The van der Waals surface area contributed by atoms with Gasteiger partial charge in [0.15, 0.2) is 0 Å². The minimum absolute atomic E-state index is 0. The second kappa shape index (κ2) is 51.2. The fraction of sp³-hybridized carbons (Fsp3) is 0.532. The predicted molar refractivity (Wildman–Crippen MR) is 365 cm³/mol. The van der Waals surface area contributed by atoms with Gasteiger partial charge in [-0.3, -0.25) is 46.8 Å². The van der Waals surface area contributed by atoms with Gasteiger partial charge in [0.2, 0.25) is 7.44 Å². The lowest BCUT2D eigenvalue weighted by molar-refractivity contribution is -0.145. The van der Waals surface area contributed by atoms with E-state index in [1.165, 1.54) is 33.6 Å². The summed E-state index contributed by atoms with van der Waals surface area (Å²) >= 11 is 0. The fourth-order valence-electron chi connectivity index (χ4n) is 6.71. The molecule has 0 heterocycles. The molecular formula is C62H106N5O21P5. The minimum atomic E-state index is -3.35. The Kier molecular flexibility index (Phi) is 50.8. The number of nitrogens with two attached hydrogens (primary N) is 1. The van der Waals surface area contributed by atoms with E-state index in [0.29, 0.717) is 26.4 Å². The molecule has 0 spiro atoms. The van der Waals surface area contributed by atoms with Crippen molar-refractivity contribution < 1.29 is 98.4 Å². The first-order valence-corrected chi connectivity index (χ1v) is 40.1. The van der Waals surface area contributed by atoms with Crippen LogP contribution in [0.15, 0.2) is 121 Å². The topological polar surface area (TPSA) is 368 Å². The van der Waals surface area contributed by atoms with Gasteiger partial charge in [0.1, 0.15) is 30.2 Å². The Bertz CT molecular complexity index is 2840. The SMILES string of the molecule is C.CCCCC(N)C(=O)OCC.CCOC(=O)C(C)NP(C)(=O)NC(C)C(=O)OCC.CCOC(=O)C(C)NP(C)(=O)O.CCOC(=O)C(C)NP(C)(=O)OCc1ccccc1.CP(=O)(O)OCc1ccccc1.CP(=O)(OCc1ccccc1)OCc1ccccc1. The number of ether oxygens (including phenoxy) is 5. The van der Waals surface area contributed by atoms with Crippen molar-refractivity contribution in [3.05, 3.63) is 144 Å². The largest absolute Gasteiger partial charge is 0.465 e. The number of hydrogen-bond acceptors (Lipinski definition) is 20. The Hall–Kier alpha value is -5.06. The van der Waals surface area contributed by atoms with Crippen molar-refractivity contribution in [1.82, 2.24) is 20.3 Å². The number of rotatable bonds is 33. The number of benzene rings is 4. The molecule has 0 bridgehead atoms. The van der Waals surface area contributed by atoms with Crippen LogP contribution in [0, 0.1) is 0 Å². The zero-order valence-electron chi connectivity index (χ0n) is 55.9. The minimum Gasteiger partial charge on any atom is -0.465 e. The van der Waals surface area contributed by atoms with Gasteiger partial charge in [0, 0.05) is 33.3 Å². The summed E-state index contributed by atoms with van der Waals surface area (Å²) in [7, 11) is -15.8. The molecule has 0 aliphatic carbocycles. The Morgan fingerprint density at radius 3 is 0.968 bits per heavy atom. The van der Waals surface area contributed by atoms with E-state index in [9.17, 15) is 46.8 Å². The predicted octanol–water partition coefficient (Wildman–Crippen LogP) is 11.8. The number of carbonyl (C=O) groups excluding carboxylic acids is 5. The molecule has 8 unspecified atom stereocenters. The van der Waals surface area contributed by atoms with Gasteiger partial charge in [-0.05, 0) is 91.0 Å². The molecule has 93 heavy (non-hydrogen) atoms. The summed E-state index contributed by atoms with van der Waals surface area (Å²) < 4.78 is 103. The lowest BCUT2D eigenvalue weighted by Crippen LogP contribution is -2.41. The monoisotopic (exact) mass is 1410 g/mol.